The second kappa shape index (κ2) is 16.5. The number of nitrogen functional groups attached to an aromatic ring is 1. The molecule has 0 aliphatic rings. The van der Waals surface area contributed by atoms with E-state index in [-0.39, 0.29) is 35.3 Å². The number of ether oxygens (including phenoxy) is 1. The molecule has 2 heterocycles. The van der Waals surface area contributed by atoms with Crippen LogP contribution < -0.4 is 20.1 Å². The molecule has 47 heavy (non-hydrogen) atoms. The van der Waals surface area contributed by atoms with Crippen molar-refractivity contribution in [1.29, 1.82) is 0 Å². The van der Waals surface area contributed by atoms with Gasteiger partial charge in [0.05, 0.1) is 22.0 Å². The third-order valence-electron chi connectivity index (χ3n) is 7.07. The van der Waals surface area contributed by atoms with Crippen LogP contribution in [0.5, 0.6) is 11.5 Å². The fraction of sp³-hybridized carbons (Fsp3) is 0.414. The summed E-state index contributed by atoms with van der Waals surface area (Å²) in [4.78, 5) is 58.5. The number of imidazole rings is 1. The van der Waals surface area contributed by atoms with Gasteiger partial charge in [0, 0.05) is 37.1 Å². The van der Waals surface area contributed by atoms with Gasteiger partial charge in [-0.25, -0.2) is 19.1 Å². The number of aromatic nitrogens is 3. The van der Waals surface area contributed by atoms with E-state index in [1.165, 1.54) is 12.1 Å². The smallest absolute Gasteiger partial charge is 0.404 e. The third-order valence-corrected chi connectivity index (χ3v) is 8.64. The Morgan fingerprint density at radius 1 is 0.979 bits per heavy atom. The van der Waals surface area contributed by atoms with E-state index in [0.29, 0.717) is 53.0 Å². The summed E-state index contributed by atoms with van der Waals surface area (Å²) in [6.45, 7) is 3.68. The quantitative estimate of drug-likeness (QED) is 0.0355. The predicted molar refractivity (Wildman–Crippen MR) is 185 cm³/mol. The molecule has 0 unspecified atom stereocenters. The van der Waals surface area contributed by atoms with Gasteiger partial charge in [0.25, 0.3) is 0 Å². The van der Waals surface area contributed by atoms with E-state index >= 15 is 0 Å². The maximum Gasteiger partial charge on any atom is 0.524 e. The van der Waals surface area contributed by atoms with E-state index in [9.17, 15) is 33.5 Å². The number of nitrogens with one attached hydrogen (secondary N) is 1. The van der Waals surface area contributed by atoms with Crippen molar-refractivity contribution in [2.45, 2.75) is 52.0 Å². The highest BCUT2D eigenvalue weighted by Crippen LogP contribution is 2.43. The highest BCUT2D eigenvalue weighted by molar-refractivity contribution is 14.1. The molecule has 4 aromatic rings. The number of amides is 1. The van der Waals surface area contributed by atoms with E-state index in [0.717, 1.165) is 49.1 Å². The summed E-state index contributed by atoms with van der Waals surface area (Å²) < 4.78 is 41.0. The molecule has 0 radical (unpaired) electrons. The molecule has 0 spiro atoms. The van der Waals surface area contributed by atoms with Crippen LogP contribution in [0, 0.1) is 0 Å². The molecule has 2 aromatic carbocycles. The van der Waals surface area contributed by atoms with Crippen LogP contribution in [0.15, 0.2) is 36.4 Å². The summed E-state index contributed by atoms with van der Waals surface area (Å²) in [5.74, 6) is 0.453. The SMILES string of the molecule is CCCCc1nc2c(N)nc3cc(CCCOCCCNC(=O)CI)ccc3c2n1Cc1cc(OP(=O)(O)O)ccc1OP(=O)(O)O. The largest absolute Gasteiger partial charge is 0.524 e. The number of phosphoric acid groups is 2. The van der Waals surface area contributed by atoms with Crippen molar-refractivity contribution in [2.75, 3.05) is 29.9 Å². The molecule has 4 rings (SSSR count). The van der Waals surface area contributed by atoms with Gasteiger partial charge in [-0.2, -0.15) is 0 Å². The number of aryl methyl sites for hydroxylation is 2. The molecule has 0 aliphatic heterocycles. The van der Waals surface area contributed by atoms with E-state index in [2.05, 4.69) is 10.3 Å². The van der Waals surface area contributed by atoms with Gasteiger partial charge in [0.1, 0.15) is 22.8 Å². The number of halogens is 1. The zero-order valence-electron chi connectivity index (χ0n) is 25.7. The molecule has 0 aliphatic carbocycles. The van der Waals surface area contributed by atoms with Crippen LogP contribution in [0.1, 0.15) is 49.6 Å². The average Bonchev–Trinajstić information content (AvgIpc) is 3.35. The van der Waals surface area contributed by atoms with Crippen molar-refractivity contribution < 1.29 is 47.3 Å². The van der Waals surface area contributed by atoms with Crippen molar-refractivity contribution in [1.82, 2.24) is 19.9 Å². The van der Waals surface area contributed by atoms with Gasteiger partial charge in [-0.3, -0.25) is 24.4 Å². The van der Waals surface area contributed by atoms with Crippen LogP contribution in [0.25, 0.3) is 21.9 Å². The maximum absolute atomic E-state index is 11.8. The number of carbonyl (C=O) groups is 1. The second-order valence-corrected chi connectivity index (χ2v) is 13.8. The zero-order valence-corrected chi connectivity index (χ0v) is 29.6. The lowest BCUT2D eigenvalue weighted by Crippen LogP contribution is -2.25. The Labute approximate surface area is 284 Å². The molecule has 0 atom stereocenters. The Hall–Kier alpha value is -2.82. The first-order chi connectivity index (χ1) is 22.3. The van der Waals surface area contributed by atoms with Gasteiger partial charge in [-0.05, 0) is 55.5 Å². The number of fused-ring (bicyclic) bond motifs is 3. The zero-order chi connectivity index (χ0) is 34.2. The normalized spacial score (nSPS) is 12.1. The summed E-state index contributed by atoms with van der Waals surface area (Å²) in [5, 5.41) is 3.56. The van der Waals surface area contributed by atoms with Gasteiger partial charge in [0.15, 0.2) is 5.82 Å². The molecule has 0 saturated heterocycles. The first kappa shape index (κ1) is 37.0. The molecule has 0 bridgehead atoms. The van der Waals surface area contributed by atoms with Gasteiger partial charge in [-0.15, -0.1) is 0 Å². The number of nitrogens with zero attached hydrogens (tertiary/aromatic N) is 3. The Bertz CT molecular complexity index is 1810. The van der Waals surface area contributed by atoms with Gasteiger partial charge in [0.2, 0.25) is 5.91 Å². The molecule has 0 saturated carbocycles. The number of rotatable bonds is 18. The third kappa shape index (κ3) is 10.8. The van der Waals surface area contributed by atoms with Crippen LogP contribution in [-0.4, -0.2) is 64.2 Å². The average molecular weight is 806 g/mol. The van der Waals surface area contributed by atoms with E-state index < -0.39 is 15.6 Å². The monoisotopic (exact) mass is 805 g/mol. The van der Waals surface area contributed by atoms with Gasteiger partial charge in [-0.1, -0.05) is 48.1 Å². The minimum Gasteiger partial charge on any atom is -0.404 e. The highest BCUT2D eigenvalue weighted by atomic mass is 127. The number of hydrogen-bond acceptors (Lipinski definition) is 9. The summed E-state index contributed by atoms with van der Waals surface area (Å²) in [6.07, 6.45) is 4.47. The van der Waals surface area contributed by atoms with Crippen molar-refractivity contribution in [3.63, 3.8) is 0 Å². The molecule has 18 heteroatoms. The molecule has 256 valence electrons. The Balaban J connectivity index is 1.65. The van der Waals surface area contributed by atoms with Crippen molar-refractivity contribution in [3.8, 4) is 11.5 Å². The molecule has 7 N–H and O–H groups in total. The van der Waals surface area contributed by atoms with E-state index in [1.54, 1.807) is 0 Å². The molecular formula is C29H38IN5O10P2. The second-order valence-electron chi connectivity index (χ2n) is 10.7. The number of alkyl halides is 1. The number of benzene rings is 2. The maximum atomic E-state index is 11.8. The van der Waals surface area contributed by atoms with Crippen LogP contribution in [0.4, 0.5) is 5.82 Å². The number of unbranched alkanes of at least 4 members (excludes halogenated alkanes) is 1. The number of phosphoric ester groups is 2. The van der Waals surface area contributed by atoms with Gasteiger partial charge < -0.3 is 29.4 Å². The molecular weight excluding hydrogens is 767 g/mol. The minimum absolute atomic E-state index is 0.00862. The minimum atomic E-state index is -4.99. The highest BCUT2D eigenvalue weighted by Gasteiger charge is 2.24. The predicted octanol–water partition coefficient (Wildman–Crippen LogP) is 4.39. The Morgan fingerprint density at radius 2 is 1.72 bits per heavy atom. The standard InChI is InChI=1S/C29H38IN5O10P2/c1-2-3-7-25-34-27-28(35(25)18-20-16-21(44-46(37,38)39)9-11-24(20)45-47(40,41)42)22-10-8-19(15-23(22)33-29(27)31)6-4-13-43-14-5-12-32-26(36)17-30/h8-11,15-16H,2-7,12-14,17-18H2,1H3,(H2,31,33)(H,32,36)(H2,37,38,39)(H2,40,41,42). The number of pyridine rings is 1. The van der Waals surface area contributed by atoms with Crippen LogP contribution in [0.2, 0.25) is 0 Å². The summed E-state index contributed by atoms with van der Waals surface area (Å²) in [6, 6.07) is 9.45. The van der Waals surface area contributed by atoms with Crippen LogP contribution in [0.3, 0.4) is 0 Å². The van der Waals surface area contributed by atoms with E-state index in [4.69, 9.17) is 24.5 Å². The fourth-order valence-corrected chi connectivity index (χ4v) is 6.14. The van der Waals surface area contributed by atoms with Crippen LogP contribution >= 0.6 is 38.2 Å². The Morgan fingerprint density at radius 3 is 2.43 bits per heavy atom. The van der Waals surface area contributed by atoms with Crippen molar-refractivity contribution in [3.05, 3.63) is 53.3 Å². The summed E-state index contributed by atoms with van der Waals surface area (Å²) >= 11 is 2.02. The first-order valence-electron chi connectivity index (χ1n) is 14.9. The van der Waals surface area contributed by atoms with E-state index in [1.807, 2.05) is 52.3 Å². The molecule has 1 amide bonds. The van der Waals surface area contributed by atoms with Crippen molar-refractivity contribution >= 4 is 71.9 Å². The topological polar surface area (TPSA) is 229 Å². The molecule has 0 fully saturated rings. The fourth-order valence-electron chi connectivity index (χ4n) is 5.05. The van der Waals surface area contributed by atoms with Crippen molar-refractivity contribution in [2.24, 2.45) is 0 Å². The van der Waals surface area contributed by atoms with Crippen LogP contribution in [-0.2, 0) is 38.0 Å². The first-order valence-corrected chi connectivity index (χ1v) is 19.5. The lowest BCUT2D eigenvalue weighted by molar-refractivity contribution is -0.118. The molecule has 2 aromatic heterocycles. The summed E-state index contributed by atoms with van der Waals surface area (Å²) in [7, 11) is -9.91. The number of carbonyl (C=O) groups excluding carboxylic acids is 1. The number of nitrogens with two attached hydrogens (primary N) is 1. The lowest BCUT2D eigenvalue weighted by atomic mass is 10.1. The van der Waals surface area contributed by atoms with Gasteiger partial charge >= 0.3 is 15.6 Å². The number of anilines is 1. The lowest BCUT2D eigenvalue weighted by Gasteiger charge is -2.17. The Kier molecular flexibility index (Phi) is 13.0. The number of hydrogen-bond donors (Lipinski definition) is 6. The summed E-state index contributed by atoms with van der Waals surface area (Å²) in [5.41, 5.74) is 9.37. The molecule has 15 nitrogen and oxygen atoms in total.